The second-order valence-corrected chi connectivity index (χ2v) is 4.28. The predicted molar refractivity (Wildman–Crippen MR) is 74.9 cm³/mol. The summed E-state index contributed by atoms with van der Waals surface area (Å²) in [5.74, 6) is 0.0684. The molecule has 106 valence electrons. The Balaban J connectivity index is 2.56. The van der Waals surface area contributed by atoms with E-state index in [0.717, 1.165) is 5.56 Å². The van der Waals surface area contributed by atoms with Gasteiger partial charge in [-0.3, -0.25) is 4.79 Å². The van der Waals surface area contributed by atoms with Crippen molar-refractivity contribution >= 4 is 11.6 Å². The second kappa shape index (κ2) is 8.50. The van der Waals surface area contributed by atoms with E-state index in [9.17, 15) is 4.79 Å². The Bertz CT molecular complexity index is 371. The average molecular weight is 266 g/mol. The molecule has 0 aliphatic heterocycles. The molecular weight excluding hydrogens is 244 g/mol. The fourth-order valence-corrected chi connectivity index (χ4v) is 1.69. The van der Waals surface area contributed by atoms with Gasteiger partial charge in [-0.25, -0.2) is 0 Å². The van der Waals surface area contributed by atoms with Gasteiger partial charge >= 0.3 is 0 Å². The van der Waals surface area contributed by atoms with Crippen LogP contribution in [0, 0.1) is 0 Å². The number of hydrogen-bond acceptors (Lipinski definition) is 4. The van der Waals surface area contributed by atoms with Crippen molar-refractivity contribution in [2.45, 2.75) is 6.42 Å². The normalized spacial score (nSPS) is 10.4. The molecule has 0 heterocycles. The minimum absolute atomic E-state index is 0.0684. The van der Waals surface area contributed by atoms with Crippen LogP contribution in [0.2, 0.25) is 0 Å². The lowest BCUT2D eigenvalue weighted by Gasteiger charge is -2.22. The number of benzene rings is 1. The molecule has 0 saturated carbocycles. The van der Waals surface area contributed by atoms with E-state index in [1.54, 1.807) is 31.3 Å². The lowest BCUT2D eigenvalue weighted by Crippen LogP contribution is -2.37. The molecule has 5 heteroatoms. The maximum atomic E-state index is 12.2. The van der Waals surface area contributed by atoms with Crippen LogP contribution in [0.3, 0.4) is 0 Å². The molecule has 0 atom stereocenters. The summed E-state index contributed by atoms with van der Waals surface area (Å²) in [5.41, 5.74) is 7.28. The maximum Gasteiger partial charge on any atom is 0.227 e. The highest BCUT2D eigenvalue weighted by Gasteiger charge is 2.13. The van der Waals surface area contributed by atoms with Crippen LogP contribution >= 0.6 is 0 Å². The van der Waals surface area contributed by atoms with Crippen molar-refractivity contribution in [1.29, 1.82) is 0 Å². The summed E-state index contributed by atoms with van der Waals surface area (Å²) < 4.78 is 10.0. The van der Waals surface area contributed by atoms with Crippen LogP contribution in [-0.2, 0) is 20.7 Å². The Labute approximate surface area is 114 Å². The van der Waals surface area contributed by atoms with Crippen LogP contribution in [0.5, 0.6) is 0 Å². The van der Waals surface area contributed by atoms with Crippen LogP contribution in [0.4, 0.5) is 5.69 Å². The van der Waals surface area contributed by atoms with Crippen LogP contribution in [0.1, 0.15) is 5.56 Å². The number of amides is 1. The van der Waals surface area contributed by atoms with Crippen molar-refractivity contribution in [1.82, 2.24) is 4.90 Å². The van der Waals surface area contributed by atoms with Gasteiger partial charge in [0, 0.05) is 33.0 Å². The van der Waals surface area contributed by atoms with Crippen LogP contribution < -0.4 is 5.73 Å². The smallest absolute Gasteiger partial charge is 0.227 e. The van der Waals surface area contributed by atoms with Gasteiger partial charge in [0.05, 0.1) is 19.6 Å². The molecule has 0 radical (unpaired) electrons. The van der Waals surface area contributed by atoms with Crippen molar-refractivity contribution in [2.75, 3.05) is 46.3 Å². The summed E-state index contributed by atoms with van der Waals surface area (Å²) in [5, 5.41) is 0. The molecule has 0 fully saturated rings. The predicted octanol–water partition coefficient (Wildman–Crippen LogP) is 0.933. The summed E-state index contributed by atoms with van der Waals surface area (Å²) in [7, 11) is 3.25. The number of ether oxygens (including phenoxy) is 2. The van der Waals surface area contributed by atoms with E-state index >= 15 is 0 Å². The number of carbonyl (C=O) groups excluding carboxylic acids is 1. The Morgan fingerprint density at radius 1 is 1.11 bits per heavy atom. The molecule has 0 aliphatic carbocycles. The third kappa shape index (κ3) is 5.72. The molecule has 1 rings (SSSR count). The standard InChI is InChI=1S/C14H22N2O3/c1-18-9-7-16(8-10-19-2)14(17)11-12-3-5-13(15)6-4-12/h3-6H,7-11,15H2,1-2H3. The number of nitrogens with zero attached hydrogens (tertiary/aromatic N) is 1. The molecule has 0 saturated heterocycles. The zero-order valence-electron chi connectivity index (χ0n) is 11.6. The van der Waals surface area contributed by atoms with Gasteiger partial charge in [-0.15, -0.1) is 0 Å². The van der Waals surface area contributed by atoms with Gasteiger partial charge in [0.2, 0.25) is 5.91 Å². The summed E-state index contributed by atoms with van der Waals surface area (Å²) >= 11 is 0. The number of carbonyl (C=O) groups is 1. The van der Waals surface area contributed by atoms with Crippen LogP contribution in [-0.4, -0.2) is 51.3 Å². The summed E-state index contributed by atoms with van der Waals surface area (Å²) in [6.07, 6.45) is 0.369. The molecule has 0 aliphatic rings. The maximum absolute atomic E-state index is 12.2. The topological polar surface area (TPSA) is 64.8 Å². The molecule has 1 aromatic rings. The lowest BCUT2D eigenvalue weighted by molar-refractivity contribution is -0.131. The molecule has 1 aromatic carbocycles. The van der Waals surface area contributed by atoms with E-state index in [-0.39, 0.29) is 5.91 Å². The molecule has 2 N–H and O–H groups in total. The number of rotatable bonds is 8. The van der Waals surface area contributed by atoms with Gasteiger partial charge in [0.1, 0.15) is 0 Å². The highest BCUT2D eigenvalue weighted by Crippen LogP contribution is 2.07. The first-order valence-corrected chi connectivity index (χ1v) is 6.27. The van der Waals surface area contributed by atoms with Gasteiger partial charge in [0.25, 0.3) is 0 Å². The van der Waals surface area contributed by atoms with E-state index in [2.05, 4.69) is 0 Å². The molecule has 0 bridgehead atoms. The van der Waals surface area contributed by atoms with E-state index < -0.39 is 0 Å². The molecular formula is C14H22N2O3. The van der Waals surface area contributed by atoms with Gasteiger partial charge in [0.15, 0.2) is 0 Å². The number of nitrogens with two attached hydrogens (primary N) is 1. The van der Waals surface area contributed by atoms with E-state index in [1.165, 1.54) is 0 Å². The Morgan fingerprint density at radius 2 is 1.63 bits per heavy atom. The van der Waals surface area contributed by atoms with Crippen molar-refractivity contribution in [3.05, 3.63) is 29.8 Å². The minimum atomic E-state index is 0.0684. The lowest BCUT2D eigenvalue weighted by atomic mass is 10.1. The number of hydrogen-bond donors (Lipinski definition) is 1. The molecule has 1 amide bonds. The number of nitrogen functional groups attached to an aromatic ring is 1. The molecule has 0 aromatic heterocycles. The molecule has 5 nitrogen and oxygen atoms in total. The number of methoxy groups -OCH3 is 2. The highest BCUT2D eigenvalue weighted by molar-refractivity contribution is 5.78. The molecule has 0 spiro atoms. The average Bonchev–Trinajstić information content (AvgIpc) is 2.41. The van der Waals surface area contributed by atoms with Crippen molar-refractivity contribution < 1.29 is 14.3 Å². The zero-order chi connectivity index (χ0) is 14.1. The van der Waals surface area contributed by atoms with Gasteiger partial charge in [-0.2, -0.15) is 0 Å². The SMILES string of the molecule is COCCN(CCOC)C(=O)Cc1ccc(N)cc1. The van der Waals surface area contributed by atoms with Crippen LogP contribution in [0.15, 0.2) is 24.3 Å². The van der Waals surface area contributed by atoms with Gasteiger partial charge in [-0.1, -0.05) is 12.1 Å². The largest absolute Gasteiger partial charge is 0.399 e. The third-order valence-corrected chi connectivity index (χ3v) is 2.82. The van der Waals surface area contributed by atoms with E-state index in [0.29, 0.717) is 38.4 Å². The monoisotopic (exact) mass is 266 g/mol. The van der Waals surface area contributed by atoms with Gasteiger partial charge < -0.3 is 20.1 Å². The number of anilines is 1. The Morgan fingerprint density at radius 3 is 2.11 bits per heavy atom. The third-order valence-electron chi connectivity index (χ3n) is 2.82. The summed E-state index contributed by atoms with van der Waals surface area (Å²) in [6.45, 7) is 2.20. The van der Waals surface area contributed by atoms with Crippen molar-refractivity contribution in [3.63, 3.8) is 0 Å². The molecule has 19 heavy (non-hydrogen) atoms. The summed E-state index contributed by atoms with van der Waals surface area (Å²) in [4.78, 5) is 13.9. The summed E-state index contributed by atoms with van der Waals surface area (Å²) in [6, 6.07) is 7.35. The Hall–Kier alpha value is -1.59. The first-order chi connectivity index (χ1) is 9.17. The minimum Gasteiger partial charge on any atom is -0.399 e. The van der Waals surface area contributed by atoms with Gasteiger partial charge in [-0.05, 0) is 17.7 Å². The Kier molecular flexibility index (Phi) is 6.92. The first-order valence-electron chi connectivity index (χ1n) is 6.27. The molecule has 0 unspecified atom stereocenters. The van der Waals surface area contributed by atoms with Crippen molar-refractivity contribution in [2.24, 2.45) is 0 Å². The van der Waals surface area contributed by atoms with Crippen molar-refractivity contribution in [3.8, 4) is 0 Å². The van der Waals surface area contributed by atoms with E-state index in [1.807, 2.05) is 12.1 Å². The van der Waals surface area contributed by atoms with Crippen LogP contribution in [0.25, 0.3) is 0 Å². The highest BCUT2D eigenvalue weighted by atomic mass is 16.5. The quantitative estimate of drug-likeness (QED) is 0.711. The van der Waals surface area contributed by atoms with E-state index in [4.69, 9.17) is 15.2 Å². The zero-order valence-corrected chi connectivity index (χ0v) is 11.6. The first kappa shape index (κ1) is 15.5. The fraction of sp³-hybridized carbons (Fsp3) is 0.500. The second-order valence-electron chi connectivity index (χ2n) is 4.28. The fourth-order valence-electron chi connectivity index (χ4n) is 1.69.